The second kappa shape index (κ2) is 7.04. The van der Waals surface area contributed by atoms with E-state index in [0.717, 1.165) is 10.4 Å². The van der Waals surface area contributed by atoms with Crippen LogP contribution < -0.4 is 5.32 Å². The molecule has 0 spiro atoms. The minimum atomic E-state index is -1.18. The Labute approximate surface area is 151 Å². The quantitative estimate of drug-likeness (QED) is 0.662. The summed E-state index contributed by atoms with van der Waals surface area (Å²) in [6.07, 6.45) is 0. The summed E-state index contributed by atoms with van der Waals surface area (Å²) in [7, 11) is 0. The second-order valence-electron chi connectivity index (χ2n) is 5.12. The Morgan fingerprint density at radius 1 is 1.04 bits per heavy atom. The van der Waals surface area contributed by atoms with Gasteiger partial charge in [-0.3, -0.25) is 4.79 Å². The molecule has 1 aromatic heterocycles. The van der Waals surface area contributed by atoms with Gasteiger partial charge in [0.1, 0.15) is 5.82 Å². The van der Waals surface area contributed by atoms with Crippen molar-refractivity contribution in [2.45, 2.75) is 0 Å². The fraction of sp³-hybridized carbons (Fsp3) is 0. The summed E-state index contributed by atoms with van der Waals surface area (Å²) in [5, 5.41) is 12.1. The predicted octanol–water partition coefficient (Wildman–Crippen LogP) is 5.16. The number of thiophene rings is 1. The van der Waals surface area contributed by atoms with Gasteiger partial charge >= 0.3 is 5.97 Å². The van der Waals surface area contributed by atoms with Crippen molar-refractivity contribution in [3.63, 3.8) is 0 Å². The maximum Gasteiger partial charge on any atom is 0.337 e. The smallest absolute Gasteiger partial charge is 0.337 e. The van der Waals surface area contributed by atoms with Gasteiger partial charge in [0.25, 0.3) is 5.91 Å². The standard InChI is InChI=1S/C18H11ClFNO3S/c19-11-3-6-14(13(9-11)18(23)24)21-17(22)16-8-7-15(25-16)10-1-4-12(20)5-2-10/h1-9H,(H,21,22)(H,23,24). The molecule has 126 valence electrons. The molecule has 0 aliphatic heterocycles. The van der Waals surface area contributed by atoms with Crippen LogP contribution in [-0.4, -0.2) is 17.0 Å². The van der Waals surface area contributed by atoms with Gasteiger partial charge in [0.2, 0.25) is 0 Å². The third-order valence-electron chi connectivity index (χ3n) is 3.42. The van der Waals surface area contributed by atoms with E-state index in [1.165, 1.54) is 41.7 Å². The molecule has 2 aromatic carbocycles. The molecule has 0 fully saturated rings. The fourth-order valence-electron chi connectivity index (χ4n) is 2.22. The lowest BCUT2D eigenvalue weighted by molar-refractivity contribution is 0.0698. The third-order valence-corrected chi connectivity index (χ3v) is 4.79. The zero-order chi connectivity index (χ0) is 18.0. The fourth-order valence-corrected chi connectivity index (χ4v) is 3.29. The third kappa shape index (κ3) is 3.87. The first kappa shape index (κ1) is 17.1. The Morgan fingerprint density at radius 3 is 2.44 bits per heavy atom. The van der Waals surface area contributed by atoms with Gasteiger partial charge in [-0.15, -0.1) is 11.3 Å². The van der Waals surface area contributed by atoms with Crippen molar-refractivity contribution < 1.29 is 19.1 Å². The number of hydrogen-bond donors (Lipinski definition) is 2. The van der Waals surface area contributed by atoms with Crippen molar-refractivity contribution in [2.24, 2.45) is 0 Å². The van der Waals surface area contributed by atoms with Crippen molar-refractivity contribution in [3.8, 4) is 10.4 Å². The Morgan fingerprint density at radius 2 is 1.76 bits per heavy atom. The molecule has 0 aliphatic carbocycles. The van der Waals surface area contributed by atoms with Crippen LogP contribution in [0.3, 0.4) is 0 Å². The van der Waals surface area contributed by atoms with Crippen LogP contribution in [0.25, 0.3) is 10.4 Å². The van der Waals surface area contributed by atoms with Gasteiger partial charge in [0, 0.05) is 9.90 Å². The molecule has 0 aliphatic rings. The Bertz CT molecular complexity index is 953. The molecule has 1 amide bonds. The summed E-state index contributed by atoms with van der Waals surface area (Å²) in [6.45, 7) is 0. The number of carboxylic acid groups (broad SMARTS) is 1. The first-order valence-electron chi connectivity index (χ1n) is 7.14. The number of carboxylic acids is 1. The van der Waals surface area contributed by atoms with Crippen LogP contribution in [0.4, 0.5) is 10.1 Å². The summed E-state index contributed by atoms with van der Waals surface area (Å²) < 4.78 is 13.0. The first-order chi connectivity index (χ1) is 11.9. The average molecular weight is 376 g/mol. The molecule has 0 radical (unpaired) electrons. The van der Waals surface area contributed by atoms with Gasteiger partial charge in [0.15, 0.2) is 0 Å². The van der Waals surface area contributed by atoms with E-state index in [9.17, 15) is 19.1 Å². The maximum atomic E-state index is 13.0. The summed E-state index contributed by atoms with van der Waals surface area (Å²) in [6, 6.07) is 13.6. The molecule has 0 bridgehead atoms. The lowest BCUT2D eigenvalue weighted by Crippen LogP contribution is -2.13. The van der Waals surface area contributed by atoms with E-state index in [2.05, 4.69) is 5.32 Å². The molecular formula is C18H11ClFNO3S. The van der Waals surface area contributed by atoms with Crippen molar-refractivity contribution in [1.82, 2.24) is 0 Å². The number of aromatic carboxylic acids is 1. The lowest BCUT2D eigenvalue weighted by atomic mass is 10.1. The number of halogens is 2. The highest BCUT2D eigenvalue weighted by molar-refractivity contribution is 7.17. The van der Waals surface area contributed by atoms with E-state index in [4.69, 9.17) is 11.6 Å². The first-order valence-corrected chi connectivity index (χ1v) is 8.33. The van der Waals surface area contributed by atoms with Gasteiger partial charge in [-0.25, -0.2) is 9.18 Å². The maximum absolute atomic E-state index is 13.0. The van der Waals surface area contributed by atoms with Crippen molar-refractivity contribution in [2.75, 3.05) is 5.32 Å². The summed E-state index contributed by atoms with van der Waals surface area (Å²) in [5.74, 6) is -1.94. The highest BCUT2D eigenvalue weighted by Gasteiger charge is 2.16. The molecule has 7 heteroatoms. The molecule has 0 atom stereocenters. The van der Waals surface area contributed by atoms with Crippen LogP contribution >= 0.6 is 22.9 Å². The van der Waals surface area contributed by atoms with E-state index >= 15 is 0 Å². The number of carbonyl (C=O) groups is 2. The van der Waals surface area contributed by atoms with Crippen molar-refractivity contribution in [1.29, 1.82) is 0 Å². The van der Waals surface area contributed by atoms with Gasteiger partial charge in [-0.05, 0) is 48.0 Å². The molecular weight excluding hydrogens is 365 g/mol. The molecule has 3 rings (SSSR count). The number of amides is 1. The molecule has 3 aromatic rings. The molecule has 25 heavy (non-hydrogen) atoms. The number of nitrogens with one attached hydrogen (secondary N) is 1. The highest BCUT2D eigenvalue weighted by Crippen LogP contribution is 2.29. The Balaban J connectivity index is 1.83. The SMILES string of the molecule is O=C(Nc1ccc(Cl)cc1C(=O)O)c1ccc(-c2ccc(F)cc2)s1. The number of anilines is 1. The van der Waals surface area contributed by atoms with Crippen molar-refractivity contribution >= 4 is 40.5 Å². The number of hydrogen-bond acceptors (Lipinski definition) is 3. The molecule has 4 nitrogen and oxygen atoms in total. The zero-order valence-corrected chi connectivity index (χ0v) is 14.2. The van der Waals surface area contributed by atoms with E-state index in [0.29, 0.717) is 4.88 Å². The molecule has 1 heterocycles. The second-order valence-corrected chi connectivity index (χ2v) is 6.64. The van der Waals surface area contributed by atoms with Crippen LogP contribution in [-0.2, 0) is 0 Å². The van der Waals surface area contributed by atoms with Crippen LogP contribution in [0.1, 0.15) is 20.0 Å². The minimum absolute atomic E-state index is 0.0869. The van der Waals surface area contributed by atoms with Gasteiger partial charge in [-0.1, -0.05) is 23.7 Å². The lowest BCUT2D eigenvalue weighted by Gasteiger charge is -2.07. The van der Waals surface area contributed by atoms with E-state index < -0.39 is 11.9 Å². The molecule has 0 unspecified atom stereocenters. The topological polar surface area (TPSA) is 66.4 Å². The Kier molecular flexibility index (Phi) is 4.83. The largest absolute Gasteiger partial charge is 0.478 e. The van der Waals surface area contributed by atoms with Gasteiger partial charge < -0.3 is 10.4 Å². The van der Waals surface area contributed by atoms with Crippen molar-refractivity contribution in [3.05, 3.63) is 75.9 Å². The average Bonchev–Trinajstić information content (AvgIpc) is 3.07. The monoisotopic (exact) mass is 375 g/mol. The van der Waals surface area contributed by atoms with Crippen LogP contribution in [0.5, 0.6) is 0 Å². The van der Waals surface area contributed by atoms with E-state index in [-0.39, 0.29) is 22.1 Å². The summed E-state index contributed by atoms with van der Waals surface area (Å²) in [4.78, 5) is 24.9. The number of benzene rings is 2. The van der Waals surface area contributed by atoms with E-state index in [1.54, 1.807) is 24.3 Å². The van der Waals surface area contributed by atoms with Gasteiger partial charge in [0.05, 0.1) is 16.1 Å². The summed E-state index contributed by atoms with van der Waals surface area (Å²) >= 11 is 7.02. The minimum Gasteiger partial charge on any atom is -0.478 e. The van der Waals surface area contributed by atoms with Crippen LogP contribution in [0.2, 0.25) is 5.02 Å². The predicted molar refractivity (Wildman–Crippen MR) is 96.1 cm³/mol. The Hall–Kier alpha value is -2.70. The van der Waals surface area contributed by atoms with Gasteiger partial charge in [-0.2, -0.15) is 0 Å². The zero-order valence-electron chi connectivity index (χ0n) is 12.6. The normalized spacial score (nSPS) is 10.5. The highest BCUT2D eigenvalue weighted by atomic mass is 35.5. The number of rotatable bonds is 4. The van der Waals surface area contributed by atoms with Crippen LogP contribution in [0.15, 0.2) is 54.6 Å². The summed E-state index contributed by atoms with van der Waals surface area (Å²) in [5.41, 5.74) is 0.873. The molecule has 0 saturated heterocycles. The molecule has 0 saturated carbocycles. The van der Waals surface area contributed by atoms with E-state index in [1.807, 2.05) is 0 Å². The van der Waals surface area contributed by atoms with Crippen LogP contribution in [0, 0.1) is 5.82 Å². The molecule has 2 N–H and O–H groups in total. The number of carbonyl (C=O) groups excluding carboxylic acids is 1.